The topological polar surface area (TPSA) is 104 Å². The second-order valence-electron chi connectivity index (χ2n) is 8.93. The molecule has 0 radical (unpaired) electrons. The molecule has 2 N–H and O–H groups in total. The summed E-state index contributed by atoms with van der Waals surface area (Å²) in [5, 5.41) is 22.4. The minimum Gasteiger partial charge on any atom is -0.390 e. The molecule has 1 aromatic carbocycles. The van der Waals surface area contributed by atoms with Crippen LogP contribution >= 0.6 is 0 Å². The average molecular weight is 428 g/mol. The van der Waals surface area contributed by atoms with Crippen molar-refractivity contribution in [1.82, 2.24) is 5.06 Å². The molecule has 0 aromatic heterocycles. The zero-order valence-electron chi connectivity index (χ0n) is 17.7. The van der Waals surface area contributed by atoms with Crippen molar-refractivity contribution in [1.29, 1.82) is 0 Å². The van der Waals surface area contributed by atoms with Crippen molar-refractivity contribution in [2.24, 2.45) is 11.3 Å². The van der Waals surface area contributed by atoms with E-state index in [2.05, 4.69) is 0 Å². The summed E-state index contributed by atoms with van der Waals surface area (Å²) in [5.41, 5.74) is -0.0369. The zero-order chi connectivity index (χ0) is 21.8. The van der Waals surface area contributed by atoms with Crippen LogP contribution in [-0.4, -0.2) is 55.1 Å². The van der Waals surface area contributed by atoms with Crippen LogP contribution < -0.4 is 0 Å². The minimum atomic E-state index is -3.29. The van der Waals surface area contributed by atoms with Gasteiger partial charge in [0.15, 0.2) is 9.84 Å². The first-order valence-corrected chi connectivity index (χ1v) is 11.9. The van der Waals surface area contributed by atoms with E-state index in [1.165, 1.54) is 24.3 Å². The quantitative estimate of drug-likeness (QED) is 0.689. The minimum absolute atomic E-state index is 0.182. The molecule has 0 bridgehead atoms. The molecule has 7 nitrogen and oxygen atoms in total. The summed E-state index contributed by atoms with van der Waals surface area (Å²) in [6, 6.07) is 5.95. The fraction of sp³-hybridized carbons (Fsp3) is 0.667. The van der Waals surface area contributed by atoms with Crippen LogP contribution in [0.25, 0.3) is 0 Å². The first-order valence-electron chi connectivity index (χ1n) is 10.0. The highest BCUT2D eigenvalue weighted by Gasteiger charge is 2.29. The van der Waals surface area contributed by atoms with Gasteiger partial charge in [0.05, 0.1) is 16.4 Å². The Morgan fingerprint density at radius 3 is 2.21 bits per heavy atom. The molecular weight excluding hydrogens is 394 g/mol. The SMILES string of the molecule is CC(C)(C)C(=O)ON1CCC(CCC(O)C(O)c2ccc(S(C)(=O)=O)cc2)CC1. The van der Waals surface area contributed by atoms with Gasteiger partial charge in [-0.05, 0) is 70.1 Å². The van der Waals surface area contributed by atoms with Gasteiger partial charge in [0.25, 0.3) is 0 Å². The van der Waals surface area contributed by atoms with Crippen molar-refractivity contribution in [3.05, 3.63) is 29.8 Å². The second kappa shape index (κ2) is 9.55. The first-order chi connectivity index (χ1) is 13.4. The fourth-order valence-electron chi connectivity index (χ4n) is 3.24. The number of carbonyl (C=O) groups excluding carboxylic acids is 1. The van der Waals surface area contributed by atoms with E-state index in [1.807, 2.05) is 20.8 Å². The summed E-state index contributed by atoms with van der Waals surface area (Å²) in [6.07, 6.45) is 2.09. The Labute approximate surface area is 173 Å². The van der Waals surface area contributed by atoms with Crippen LogP contribution in [0.2, 0.25) is 0 Å². The van der Waals surface area contributed by atoms with Crippen molar-refractivity contribution in [3.63, 3.8) is 0 Å². The molecule has 2 rings (SSSR count). The van der Waals surface area contributed by atoms with E-state index in [0.29, 0.717) is 31.0 Å². The van der Waals surface area contributed by atoms with E-state index < -0.39 is 27.5 Å². The van der Waals surface area contributed by atoms with Gasteiger partial charge in [-0.25, -0.2) is 13.2 Å². The highest BCUT2D eigenvalue weighted by Crippen LogP contribution is 2.27. The second-order valence-corrected chi connectivity index (χ2v) is 10.9. The summed E-state index contributed by atoms with van der Waals surface area (Å²) < 4.78 is 23.0. The van der Waals surface area contributed by atoms with Gasteiger partial charge in [-0.1, -0.05) is 12.1 Å². The van der Waals surface area contributed by atoms with Gasteiger partial charge in [-0.3, -0.25) is 0 Å². The molecule has 29 heavy (non-hydrogen) atoms. The van der Waals surface area contributed by atoms with Crippen molar-refractivity contribution in [3.8, 4) is 0 Å². The van der Waals surface area contributed by atoms with Crippen LogP contribution in [0.15, 0.2) is 29.2 Å². The van der Waals surface area contributed by atoms with Crippen LogP contribution in [0.5, 0.6) is 0 Å². The molecule has 2 atom stereocenters. The van der Waals surface area contributed by atoms with E-state index in [0.717, 1.165) is 25.5 Å². The third kappa shape index (κ3) is 7.06. The molecule has 0 amide bonds. The number of hydrogen-bond acceptors (Lipinski definition) is 7. The van der Waals surface area contributed by atoms with Gasteiger partial charge in [-0.15, -0.1) is 5.06 Å². The normalized spacial score (nSPS) is 19.0. The molecule has 2 unspecified atom stereocenters. The van der Waals surface area contributed by atoms with Crippen molar-refractivity contribution < 1.29 is 28.3 Å². The number of aliphatic hydroxyl groups excluding tert-OH is 2. The average Bonchev–Trinajstić information content (AvgIpc) is 2.65. The first kappa shape index (κ1) is 23.8. The third-order valence-electron chi connectivity index (χ3n) is 5.28. The molecule has 1 aliphatic rings. The molecule has 1 heterocycles. The lowest BCUT2D eigenvalue weighted by Crippen LogP contribution is -2.39. The standard InChI is InChI=1S/C21H33NO6S/c1-21(2,3)20(25)28-22-13-11-15(12-14-22)5-10-18(23)19(24)16-6-8-17(9-7-16)29(4,26)27/h6-9,15,18-19,23-24H,5,10-14H2,1-4H3. The van der Waals surface area contributed by atoms with Gasteiger partial charge in [0.2, 0.25) is 0 Å². The summed E-state index contributed by atoms with van der Waals surface area (Å²) in [4.78, 5) is 17.6. The molecule has 1 saturated heterocycles. The zero-order valence-corrected chi connectivity index (χ0v) is 18.5. The Bertz CT molecular complexity index is 776. The summed E-state index contributed by atoms with van der Waals surface area (Å²) in [7, 11) is -3.29. The number of nitrogens with zero attached hydrogens (tertiary/aromatic N) is 1. The molecule has 8 heteroatoms. The van der Waals surface area contributed by atoms with E-state index in [1.54, 1.807) is 5.06 Å². The molecule has 1 aliphatic heterocycles. The number of hydroxylamine groups is 2. The third-order valence-corrected chi connectivity index (χ3v) is 6.41. The lowest BCUT2D eigenvalue weighted by atomic mass is 9.90. The largest absolute Gasteiger partial charge is 0.390 e. The van der Waals surface area contributed by atoms with Crippen molar-refractivity contribution >= 4 is 15.8 Å². The van der Waals surface area contributed by atoms with E-state index in [4.69, 9.17) is 4.84 Å². The molecular formula is C21H33NO6S. The van der Waals surface area contributed by atoms with Crippen molar-refractivity contribution in [2.75, 3.05) is 19.3 Å². The van der Waals surface area contributed by atoms with Gasteiger partial charge in [0.1, 0.15) is 6.10 Å². The number of aliphatic hydroxyl groups is 2. The fourth-order valence-corrected chi connectivity index (χ4v) is 3.87. The maximum atomic E-state index is 12.0. The van der Waals surface area contributed by atoms with Gasteiger partial charge >= 0.3 is 5.97 Å². The van der Waals surface area contributed by atoms with Crippen LogP contribution in [-0.2, 0) is 19.5 Å². The molecule has 164 valence electrons. The van der Waals surface area contributed by atoms with Crippen LogP contribution in [0.4, 0.5) is 0 Å². The Kier molecular flexibility index (Phi) is 7.84. The predicted octanol–water partition coefficient (Wildman–Crippen LogP) is 2.48. The number of benzene rings is 1. The smallest absolute Gasteiger partial charge is 0.330 e. The number of rotatable bonds is 7. The molecule has 0 aliphatic carbocycles. The van der Waals surface area contributed by atoms with Gasteiger partial charge < -0.3 is 15.1 Å². The predicted molar refractivity (Wildman–Crippen MR) is 110 cm³/mol. The maximum Gasteiger partial charge on any atom is 0.330 e. The van der Waals surface area contributed by atoms with E-state index >= 15 is 0 Å². The van der Waals surface area contributed by atoms with Crippen LogP contribution in [0.1, 0.15) is 58.1 Å². The van der Waals surface area contributed by atoms with Crippen molar-refractivity contribution in [2.45, 2.75) is 63.6 Å². The lowest BCUT2D eigenvalue weighted by Gasteiger charge is -2.32. The number of piperidine rings is 1. The molecule has 1 fully saturated rings. The monoisotopic (exact) mass is 427 g/mol. The summed E-state index contributed by atoms with van der Waals surface area (Å²) in [5.74, 6) is 0.158. The highest BCUT2D eigenvalue weighted by atomic mass is 32.2. The summed E-state index contributed by atoms with van der Waals surface area (Å²) >= 11 is 0. The Hall–Kier alpha value is -1.48. The number of carbonyl (C=O) groups is 1. The highest BCUT2D eigenvalue weighted by molar-refractivity contribution is 7.90. The van der Waals surface area contributed by atoms with Gasteiger partial charge in [0, 0.05) is 19.3 Å². The maximum absolute atomic E-state index is 12.0. The number of sulfone groups is 1. The number of hydrogen-bond donors (Lipinski definition) is 2. The molecule has 1 aromatic rings. The Morgan fingerprint density at radius 1 is 1.17 bits per heavy atom. The van der Waals surface area contributed by atoms with E-state index in [-0.39, 0.29) is 10.9 Å². The Morgan fingerprint density at radius 2 is 1.72 bits per heavy atom. The van der Waals surface area contributed by atoms with E-state index in [9.17, 15) is 23.4 Å². The van der Waals surface area contributed by atoms with Crippen LogP contribution in [0.3, 0.4) is 0 Å². The Balaban J connectivity index is 1.78. The molecule has 0 spiro atoms. The molecule has 0 saturated carbocycles. The summed E-state index contributed by atoms with van der Waals surface area (Å²) in [6.45, 7) is 6.80. The van der Waals surface area contributed by atoms with Crippen LogP contribution in [0, 0.1) is 11.3 Å². The van der Waals surface area contributed by atoms with Gasteiger partial charge in [-0.2, -0.15) is 0 Å². The lowest BCUT2D eigenvalue weighted by molar-refractivity contribution is -0.206.